The molecule has 18 nitrogen and oxygen atoms in total. The average Bonchev–Trinajstić information content (AvgIpc) is 3.20. The molecule has 2 aromatic rings. The molecule has 0 radical (unpaired) electrons. The molecular formula is C41H66N10O8. The number of rotatable bonds is 29. The number of hydroxylamine groups is 1. The van der Waals surface area contributed by atoms with Crippen LogP contribution < -0.4 is 54.2 Å². The van der Waals surface area contributed by atoms with Gasteiger partial charge in [0.1, 0.15) is 30.5 Å². The highest BCUT2D eigenvalue weighted by Crippen LogP contribution is 2.22. The van der Waals surface area contributed by atoms with Crippen molar-refractivity contribution in [1.29, 1.82) is 0 Å². The molecule has 6 unspecified atom stereocenters. The van der Waals surface area contributed by atoms with Crippen molar-refractivity contribution in [3.05, 3.63) is 66.2 Å². The van der Waals surface area contributed by atoms with E-state index in [0.29, 0.717) is 18.4 Å². The first-order valence-electron chi connectivity index (χ1n) is 20.2. The number of hydrogen-bond acceptors (Lipinski definition) is 13. The number of aldehydes is 1. The maximum atomic E-state index is 14.3. The minimum Gasteiger partial charge on any atom is -0.391 e. The predicted octanol–water partition coefficient (Wildman–Crippen LogP) is -0.911. The molecule has 0 spiro atoms. The fourth-order valence-electron chi connectivity index (χ4n) is 6.18. The topological polar surface area (TPSA) is 285 Å². The zero-order valence-electron chi connectivity index (χ0n) is 34.7. The van der Waals surface area contributed by atoms with Crippen molar-refractivity contribution in [2.45, 2.75) is 108 Å². The molecule has 2 rings (SSSR count). The Kier molecular flexibility index (Phi) is 23.5. The number of para-hydroxylation sites is 1. The molecule has 0 saturated carbocycles. The van der Waals surface area contributed by atoms with E-state index < -0.39 is 72.1 Å². The van der Waals surface area contributed by atoms with Crippen molar-refractivity contribution >= 4 is 41.5 Å². The number of nitrogens with one attached hydrogen (secondary N) is 6. The highest BCUT2D eigenvalue weighted by molar-refractivity contribution is 5.92. The van der Waals surface area contributed by atoms with Crippen LogP contribution in [0.3, 0.4) is 0 Å². The summed E-state index contributed by atoms with van der Waals surface area (Å²) in [6.07, 6.45) is -0.232. The van der Waals surface area contributed by atoms with Crippen molar-refractivity contribution in [3.63, 3.8) is 0 Å². The molecule has 5 amide bonds. The van der Waals surface area contributed by atoms with Crippen LogP contribution in [0.25, 0.3) is 0 Å². The molecule has 0 bridgehead atoms. The van der Waals surface area contributed by atoms with Crippen molar-refractivity contribution < 1.29 is 38.7 Å². The average molecular weight is 827 g/mol. The van der Waals surface area contributed by atoms with Crippen molar-refractivity contribution in [2.24, 2.45) is 23.1 Å². The van der Waals surface area contributed by atoms with Crippen LogP contribution in [0.15, 0.2) is 60.7 Å². The van der Waals surface area contributed by atoms with Gasteiger partial charge in [0.05, 0.1) is 17.8 Å². The van der Waals surface area contributed by atoms with Gasteiger partial charge < -0.3 is 59.0 Å². The first-order valence-corrected chi connectivity index (χ1v) is 20.2. The van der Waals surface area contributed by atoms with Gasteiger partial charge in [0.25, 0.3) is 0 Å². The summed E-state index contributed by atoms with van der Waals surface area (Å²) in [5.41, 5.74) is 18.7. The number of hydrogen-bond donors (Lipinski definition) is 10. The molecule has 2 aromatic carbocycles. The molecule has 7 atom stereocenters. The van der Waals surface area contributed by atoms with Crippen molar-refractivity contribution in [3.8, 4) is 0 Å². The monoisotopic (exact) mass is 827 g/mol. The van der Waals surface area contributed by atoms with Crippen molar-refractivity contribution in [2.75, 3.05) is 38.3 Å². The lowest BCUT2D eigenvalue weighted by atomic mass is 10.0. The Balaban J connectivity index is 2.34. The Morgan fingerprint density at radius 2 is 1.37 bits per heavy atom. The predicted molar refractivity (Wildman–Crippen MR) is 225 cm³/mol. The Bertz CT molecular complexity index is 1570. The number of carbonyl (C=O) groups is 6. The Labute approximate surface area is 347 Å². The maximum absolute atomic E-state index is 14.3. The van der Waals surface area contributed by atoms with Gasteiger partial charge in [-0.1, -0.05) is 62.4 Å². The van der Waals surface area contributed by atoms with Crippen LogP contribution in [-0.4, -0.2) is 117 Å². The molecule has 59 heavy (non-hydrogen) atoms. The lowest BCUT2D eigenvalue weighted by Gasteiger charge is -2.36. The summed E-state index contributed by atoms with van der Waals surface area (Å²) in [5, 5.41) is 27.7. The first-order chi connectivity index (χ1) is 28.3. The van der Waals surface area contributed by atoms with E-state index >= 15 is 0 Å². The van der Waals surface area contributed by atoms with Crippen LogP contribution in [0.1, 0.15) is 64.9 Å². The van der Waals surface area contributed by atoms with E-state index in [1.807, 2.05) is 44.2 Å². The molecule has 328 valence electrons. The van der Waals surface area contributed by atoms with E-state index in [4.69, 9.17) is 22.0 Å². The van der Waals surface area contributed by atoms with E-state index in [1.54, 1.807) is 37.4 Å². The van der Waals surface area contributed by atoms with E-state index in [0.717, 1.165) is 5.56 Å². The zero-order chi connectivity index (χ0) is 43.7. The number of nitrogens with zero attached hydrogens (tertiary/aromatic N) is 1. The molecule has 0 heterocycles. The summed E-state index contributed by atoms with van der Waals surface area (Å²) in [6.45, 7) is 5.86. The fraction of sp³-hybridized carbons (Fsp3) is 0.561. The highest BCUT2D eigenvalue weighted by atomic mass is 16.7. The summed E-state index contributed by atoms with van der Waals surface area (Å²) in [6, 6.07) is 13.0. The fourth-order valence-corrected chi connectivity index (χ4v) is 6.18. The Morgan fingerprint density at radius 1 is 0.763 bits per heavy atom. The third kappa shape index (κ3) is 18.2. The third-order valence-electron chi connectivity index (χ3n) is 9.21. The summed E-state index contributed by atoms with van der Waals surface area (Å²) in [4.78, 5) is 85.3. The van der Waals surface area contributed by atoms with Gasteiger partial charge in [-0.2, -0.15) is 0 Å². The van der Waals surface area contributed by atoms with Gasteiger partial charge in [0.15, 0.2) is 6.23 Å². The molecule has 0 aliphatic carbocycles. The van der Waals surface area contributed by atoms with Crippen LogP contribution in [0.2, 0.25) is 0 Å². The summed E-state index contributed by atoms with van der Waals surface area (Å²) >= 11 is 0. The van der Waals surface area contributed by atoms with Gasteiger partial charge in [-0.3, -0.25) is 24.0 Å². The normalized spacial score (nSPS) is 14.7. The molecule has 0 fully saturated rings. The zero-order valence-corrected chi connectivity index (χ0v) is 34.7. The number of benzene rings is 2. The number of aliphatic hydroxyl groups is 1. The van der Waals surface area contributed by atoms with E-state index in [1.165, 1.54) is 12.0 Å². The minimum absolute atomic E-state index is 0.00804. The Morgan fingerprint density at radius 3 is 1.93 bits per heavy atom. The second-order valence-electron chi connectivity index (χ2n) is 14.7. The van der Waals surface area contributed by atoms with Crippen LogP contribution >= 0.6 is 0 Å². The number of aliphatic hydroxyl groups excluding tert-OH is 1. The lowest BCUT2D eigenvalue weighted by molar-refractivity contribution is -0.135. The van der Waals surface area contributed by atoms with Gasteiger partial charge >= 0.3 is 0 Å². The van der Waals surface area contributed by atoms with Crippen LogP contribution in [-0.2, 0) is 40.0 Å². The SMILES string of the molecule is CNC(C(=O)NCCCC(=O)NC(CCN)C(=O)N[C@H](Cc1ccccc1)C(=O)NC(CC(C)C)ON(c1ccccc1)C(CCN)C(=O)NC(C=O)CCN)C(C)O. The van der Waals surface area contributed by atoms with Crippen LogP contribution in [0.4, 0.5) is 5.69 Å². The summed E-state index contributed by atoms with van der Waals surface area (Å²) < 4.78 is 0. The molecule has 0 aliphatic heterocycles. The highest BCUT2D eigenvalue weighted by Gasteiger charge is 2.33. The smallest absolute Gasteiger partial charge is 0.245 e. The van der Waals surface area contributed by atoms with Gasteiger partial charge in [0, 0.05) is 19.4 Å². The number of anilines is 1. The van der Waals surface area contributed by atoms with Gasteiger partial charge in [-0.05, 0) is 89.3 Å². The third-order valence-corrected chi connectivity index (χ3v) is 9.21. The van der Waals surface area contributed by atoms with Gasteiger partial charge in [-0.25, -0.2) is 9.90 Å². The van der Waals surface area contributed by atoms with Gasteiger partial charge in [0.2, 0.25) is 29.5 Å². The summed E-state index contributed by atoms with van der Waals surface area (Å²) in [7, 11) is 1.55. The van der Waals surface area contributed by atoms with Crippen LogP contribution in [0.5, 0.6) is 0 Å². The molecule has 0 aliphatic rings. The molecule has 0 aromatic heterocycles. The second-order valence-corrected chi connectivity index (χ2v) is 14.7. The summed E-state index contributed by atoms with van der Waals surface area (Å²) in [5.74, 6) is -2.61. The van der Waals surface area contributed by atoms with E-state index in [9.17, 15) is 33.9 Å². The first kappa shape index (κ1) is 50.2. The molecule has 0 saturated heterocycles. The quantitative estimate of drug-likeness (QED) is 0.0206. The molecule has 13 N–H and O–H groups in total. The molecule has 18 heteroatoms. The van der Waals surface area contributed by atoms with Crippen LogP contribution in [0, 0.1) is 5.92 Å². The molecular weight excluding hydrogens is 761 g/mol. The van der Waals surface area contributed by atoms with Gasteiger partial charge in [-0.15, -0.1) is 0 Å². The Hall–Kier alpha value is -4.98. The minimum atomic E-state index is -1.14. The van der Waals surface area contributed by atoms with Crippen molar-refractivity contribution in [1.82, 2.24) is 31.9 Å². The largest absolute Gasteiger partial charge is 0.391 e. The standard InChI is InChI=1S/C41H66N10O8/c1-27(2)24-36(59-51(31-14-9-6-10-15-31)34(19-22-44)40(57)47-30(26-52)17-20-42)50-39(56)33(25-29-12-7-5-8-13-29)49-38(55)32(18-21-43)48-35(54)16-11-23-46-41(58)37(45-4)28(3)53/h5-10,12-15,26-28,30,32-34,36-37,45,53H,11,16-25,42-44H2,1-4H3,(H,46,58)(H,47,57)(H,48,54)(H,49,55)(H,50,56)/t28?,30?,32?,33-,34?,36?,37?/m1/s1. The number of amides is 5. The number of likely N-dealkylation sites (N-methyl/N-ethyl adjacent to an activating group) is 1. The van der Waals surface area contributed by atoms with E-state index in [2.05, 4.69) is 31.9 Å². The lowest BCUT2D eigenvalue weighted by Crippen LogP contribution is -2.58. The maximum Gasteiger partial charge on any atom is 0.245 e. The number of nitrogens with two attached hydrogens (primary N) is 3. The number of carbonyl (C=O) groups excluding carboxylic acids is 6. The van der Waals surface area contributed by atoms with E-state index in [-0.39, 0.29) is 70.6 Å². The second kappa shape index (κ2) is 27.7.